The van der Waals surface area contributed by atoms with Crippen LogP contribution < -0.4 is 10.9 Å². The lowest BCUT2D eigenvalue weighted by Crippen LogP contribution is -2.27. The van der Waals surface area contributed by atoms with Crippen LogP contribution in [0.2, 0.25) is 0 Å². The summed E-state index contributed by atoms with van der Waals surface area (Å²) < 4.78 is 1.47. The summed E-state index contributed by atoms with van der Waals surface area (Å²) in [6.45, 7) is 5.72. The molecule has 0 aliphatic carbocycles. The van der Waals surface area contributed by atoms with Gasteiger partial charge >= 0.3 is 0 Å². The fraction of sp³-hybridized carbons (Fsp3) is 0.353. The number of hydrogen-bond acceptors (Lipinski definition) is 4. The fourth-order valence-corrected chi connectivity index (χ4v) is 3.07. The Hall–Kier alpha value is -2.08. The van der Waals surface area contributed by atoms with Gasteiger partial charge in [-0.25, -0.2) is 4.98 Å². The van der Waals surface area contributed by atoms with Crippen LogP contribution in [0.4, 0.5) is 5.69 Å². The van der Waals surface area contributed by atoms with Gasteiger partial charge in [0.25, 0.3) is 5.56 Å². The molecule has 0 fully saturated rings. The lowest BCUT2D eigenvalue weighted by atomic mass is 10.2. The summed E-state index contributed by atoms with van der Waals surface area (Å²) in [5.41, 5.74) is 2.45. The van der Waals surface area contributed by atoms with Crippen molar-refractivity contribution in [1.29, 1.82) is 0 Å². The van der Waals surface area contributed by atoms with Crippen LogP contribution in [0.1, 0.15) is 24.6 Å². The van der Waals surface area contributed by atoms with Crippen molar-refractivity contribution in [3.63, 3.8) is 0 Å². The molecule has 1 heterocycles. The molecule has 0 saturated carbocycles. The van der Waals surface area contributed by atoms with Gasteiger partial charge in [0.1, 0.15) is 0 Å². The third kappa shape index (κ3) is 4.45. The van der Waals surface area contributed by atoms with E-state index in [1.165, 1.54) is 22.4 Å². The number of amides is 1. The first-order chi connectivity index (χ1) is 10.9. The van der Waals surface area contributed by atoms with Gasteiger partial charge in [-0.1, -0.05) is 36.4 Å². The van der Waals surface area contributed by atoms with Crippen LogP contribution in [0.25, 0.3) is 0 Å². The molecule has 1 N–H and O–H groups in total. The highest BCUT2D eigenvalue weighted by Crippen LogP contribution is 2.24. The summed E-state index contributed by atoms with van der Waals surface area (Å²) in [6.07, 6.45) is 0.645. The summed E-state index contributed by atoms with van der Waals surface area (Å²) in [6, 6.07) is 9.15. The Kier molecular flexibility index (Phi) is 5.60. The van der Waals surface area contributed by atoms with E-state index in [0.717, 1.165) is 11.3 Å². The number of thioether (sulfide) groups is 1. The Morgan fingerprint density at radius 1 is 1.30 bits per heavy atom. The second-order valence-electron chi connectivity index (χ2n) is 5.45. The summed E-state index contributed by atoms with van der Waals surface area (Å²) in [5, 5.41) is 3.16. The van der Waals surface area contributed by atoms with Crippen LogP contribution >= 0.6 is 11.8 Å². The normalized spacial score (nSPS) is 12.0. The van der Waals surface area contributed by atoms with Gasteiger partial charge in [0.15, 0.2) is 5.16 Å². The highest BCUT2D eigenvalue weighted by atomic mass is 32.2. The second kappa shape index (κ2) is 7.46. The lowest BCUT2D eigenvalue weighted by Gasteiger charge is -2.16. The van der Waals surface area contributed by atoms with Crippen LogP contribution in [0.5, 0.6) is 0 Å². The maximum Gasteiger partial charge on any atom is 0.254 e. The van der Waals surface area contributed by atoms with Crippen LogP contribution in [0, 0.1) is 13.8 Å². The molecule has 2 rings (SSSR count). The number of nitrogens with one attached hydrogen (secondary N) is 1. The Bertz CT molecular complexity index is 753. The largest absolute Gasteiger partial charge is 0.325 e. The summed E-state index contributed by atoms with van der Waals surface area (Å²) >= 11 is 1.31. The molecular weight excluding hydrogens is 310 g/mol. The third-order valence-electron chi connectivity index (χ3n) is 3.45. The number of carbonyl (C=O) groups is 1. The van der Waals surface area contributed by atoms with Crippen molar-refractivity contribution in [3.8, 4) is 0 Å². The minimum absolute atomic E-state index is 0.0860. The smallest absolute Gasteiger partial charge is 0.254 e. The average molecular weight is 331 g/mol. The van der Waals surface area contributed by atoms with Crippen molar-refractivity contribution in [1.82, 2.24) is 9.55 Å². The van der Waals surface area contributed by atoms with Gasteiger partial charge in [-0.05, 0) is 32.4 Å². The topological polar surface area (TPSA) is 64.0 Å². The molecule has 0 spiro atoms. The molecule has 1 atom stereocenters. The molecule has 122 valence electrons. The Morgan fingerprint density at radius 3 is 2.57 bits per heavy atom. The van der Waals surface area contributed by atoms with Gasteiger partial charge in [-0.3, -0.25) is 14.2 Å². The average Bonchev–Trinajstić information content (AvgIpc) is 2.51. The molecule has 0 aliphatic heterocycles. The monoisotopic (exact) mass is 331 g/mol. The van der Waals surface area contributed by atoms with Crippen LogP contribution in [-0.4, -0.2) is 20.7 Å². The number of anilines is 1. The number of aryl methyl sites for hydroxylation is 2. The molecule has 1 amide bonds. The summed E-state index contributed by atoms with van der Waals surface area (Å²) in [5.74, 6) is -0.0860. The zero-order chi connectivity index (χ0) is 17.0. The standard InChI is InChI=1S/C17H21N3O2S/c1-5-14(16(22)19-13-8-6-11(2)7-9-13)23-17-18-12(3)10-15(21)20(17)4/h6-10,14H,5H2,1-4H3,(H,19,22). The highest BCUT2D eigenvalue weighted by molar-refractivity contribution is 8.00. The Morgan fingerprint density at radius 2 is 1.96 bits per heavy atom. The summed E-state index contributed by atoms with van der Waals surface area (Å²) in [4.78, 5) is 28.7. The zero-order valence-corrected chi connectivity index (χ0v) is 14.6. The molecule has 0 saturated heterocycles. The molecule has 0 bridgehead atoms. The molecule has 23 heavy (non-hydrogen) atoms. The zero-order valence-electron chi connectivity index (χ0n) is 13.8. The van der Waals surface area contributed by atoms with E-state index < -0.39 is 0 Å². The fourth-order valence-electron chi connectivity index (χ4n) is 2.04. The lowest BCUT2D eigenvalue weighted by molar-refractivity contribution is -0.115. The van der Waals surface area contributed by atoms with Gasteiger partial charge < -0.3 is 5.32 Å². The molecular formula is C17H21N3O2S. The quantitative estimate of drug-likeness (QED) is 0.676. The van der Waals surface area contributed by atoms with Gasteiger partial charge in [-0.2, -0.15) is 0 Å². The maximum atomic E-state index is 12.5. The second-order valence-corrected chi connectivity index (χ2v) is 6.62. The first-order valence-corrected chi connectivity index (χ1v) is 8.37. The first kappa shape index (κ1) is 17.3. The Labute approximate surface area is 140 Å². The van der Waals surface area contributed by atoms with E-state index >= 15 is 0 Å². The number of hydrogen-bond donors (Lipinski definition) is 1. The van der Waals surface area contributed by atoms with Crippen molar-refractivity contribution >= 4 is 23.4 Å². The van der Waals surface area contributed by atoms with E-state index in [1.807, 2.05) is 38.1 Å². The molecule has 0 radical (unpaired) electrons. The molecule has 0 aliphatic rings. The molecule has 1 unspecified atom stereocenters. The Balaban J connectivity index is 2.15. The molecule has 5 nitrogen and oxygen atoms in total. The number of aromatic nitrogens is 2. The molecule has 6 heteroatoms. The number of nitrogens with zero attached hydrogens (tertiary/aromatic N) is 2. The van der Waals surface area contributed by atoms with E-state index in [2.05, 4.69) is 10.3 Å². The van der Waals surface area contributed by atoms with Gasteiger partial charge in [0.2, 0.25) is 5.91 Å². The van der Waals surface area contributed by atoms with Gasteiger partial charge in [0.05, 0.1) is 5.25 Å². The van der Waals surface area contributed by atoms with Gasteiger partial charge in [-0.15, -0.1) is 0 Å². The number of carbonyl (C=O) groups excluding carboxylic acids is 1. The SMILES string of the molecule is CCC(Sc1nc(C)cc(=O)n1C)C(=O)Nc1ccc(C)cc1. The predicted octanol–water partition coefficient (Wildman–Crippen LogP) is 2.91. The number of rotatable bonds is 5. The van der Waals surface area contributed by atoms with Crippen molar-refractivity contribution in [2.75, 3.05) is 5.32 Å². The van der Waals surface area contributed by atoms with E-state index in [1.54, 1.807) is 14.0 Å². The minimum atomic E-state index is -0.309. The molecule has 2 aromatic rings. The van der Waals surface area contributed by atoms with Crippen molar-refractivity contribution in [3.05, 3.63) is 51.9 Å². The van der Waals surface area contributed by atoms with E-state index in [9.17, 15) is 9.59 Å². The maximum absolute atomic E-state index is 12.5. The van der Waals surface area contributed by atoms with E-state index in [0.29, 0.717) is 17.3 Å². The van der Waals surface area contributed by atoms with Crippen molar-refractivity contribution < 1.29 is 4.79 Å². The summed E-state index contributed by atoms with van der Waals surface area (Å²) in [7, 11) is 1.67. The van der Waals surface area contributed by atoms with Crippen LogP contribution in [-0.2, 0) is 11.8 Å². The van der Waals surface area contributed by atoms with Crippen molar-refractivity contribution in [2.45, 2.75) is 37.6 Å². The van der Waals surface area contributed by atoms with Crippen LogP contribution in [0.3, 0.4) is 0 Å². The number of benzene rings is 1. The predicted molar refractivity (Wildman–Crippen MR) is 94.0 cm³/mol. The van der Waals surface area contributed by atoms with Crippen molar-refractivity contribution in [2.24, 2.45) is 7.05 Å². The van der Waals surface area contributed by atoms with E-state index in [-0.39, 0.29) is 16.7 Å². The first-order valence-electron chi connectivity index (χ1n) is 7.49. The molecule has 1 aromatic heterocycles. The minimum Gasteiger partial charge on any atom is -0.325 e. The highest BCUT2D eigenvalue weighted by Gasteiger charge is 2.20. The van der Waals surface area contributed by atoms with Crippen LogP contribution in [0.15, 0.2) is 40.3 Å². The third-order valence-corrected chi connectivity index (χ3v) is 4.86. The van der Waals surface area contributed by atoms with E-state index in [4.69, 9.17) is 0 Å². The van der Waals surface area contributed by atoms with Gasteiger partial charge in [0, 0.05) is 24.5 Å². The molecule has 1 aromatic carbocycles.